The molecule has 28 heavy (non-hydrogen) atoms. The predicted molar refractivity (Wildman–Crippen MR) is 108 cm³/mol. The second-order valence-electron chi connectivity index (χ2n) is 7.47. The number of aliphatic imine (C=N–C) groups is 1. The van der Waals surface area contributed by atoms with Crippen molar-refractivity contribution in [2.75, 3.05) is 32.8 Å². The van der Waals surface area contributed by atoms with Crippen LogP contribution in [0.4, 0.5) is 0 Å². The Labute approximate surface area is 167 Å². The molecule has 3 rings (SSSR count). The number of hydrogen-bond donors (Lipinski definition) is 1. The number of carbonyl (C=O) groups excluding carboxylic acids is 1. The van der Waals surface area contributed by atoms with Crippen LogP contribution in [-0.4, -0.2) is 54.7 Å². The fraction of sp³-hybridized carbons (Fsp3) is 0.667. The molecule has 1 N–H and O–H groups in total. The van der Waals surface area contributed by atoms with Crippen molar-refractivity contribution < 1.29 is 14.3 Å². The fourth-order valence-corrected chi connectivity index (χ4v) is 3.29. The number of likely N-dealkylation sites (tertiary alicyclic amines) is 1. The average molecular weight is 389 g/mol. The average Bonchev–Trinajstić information content (AvgIpc) is 3.55. The molecule has 2 heterocycles. The van der Waals surface area contributed by atoms with Gasteiger partial charge in [-0.2, -0.15) is 0 Å². The third kappa shape index (κ3) is 6.11. The van der Waals surface area contributed by atoms with Crippen LogP contribution in [0.2, 0.25) is 0 Å². The van der Waals surface area contributed by atoms with Crippen LogP contribution in [0.1, 0.15) is 45.1 Å². The van der Waals surface area contributed by atoms with E-state index in [0.717, 1.165) is 50.0 Å². The van der Waals surface area contributed by atoms with Gasteiger partial charge in [0.1, 0.15) is 0 Å². The van der Waals surface area contributed by atoms with Crippen molar-refractivity contribution in [1.29, 1.82) is 0 Å². The van der Waals surface area contributed by atoms with Gasteiger partial charge in [-0.25, -0.2) is 9.98 Å². The Hall–Kier alpha value is -2.31. The first kappa shape index (κ1) is 20.4. The smallest absolute Gasteiger partial charge is 0.310 e. The van der Waals surface area contributed by atoms with Crippen LogP contribution < -0.4 is 10.1 Å². The van der Waals surface area contributed by atoms with Crippen LogP contribution in [0.5, 0.6) is 5.88 Å². The zero-order valence-corrected chi connectivity index (χ0v) is 17.0. The maximum atomic E-state index is 12.1. The summed E-state index contributed by atoms with van der Waals surface area (Å²) in [5.41, 5.74) is 1.04. The molecule has 0 spiro atoms. The van der Waals surface area contributed by atoms with Crippen LogP contribution in [-0.2, 0) is 16.1 Å². The minimum absolute atomic E-state index is 0.0814. The Kier molecular flexibility index (Phi) is 7.51. The zero-order chi connectivity index (χ0) is 19.8. The third-order valence-electron chi connectivity index (χ3n) is 5.05. The molecule has 1 saturated carbocycles. The molecule has 7 heteroatoms. The van der Waals surface area contributed by atoms with Crippen molar-refractivity contribution in [2.24, 2.45) is 16.8 Å². The zero-order valence-electron chi connectivity index (χ0n) is 17.0. The first-order chi connectivity index (χ1) is 13.7. The summed E-state index contributed by atoms with van der Waals surface area (Å²) in [4.78, 5) is 23.4. The topological polar surface area (TPSA) is 76.1 Å². The Balaban J connectivity index is 1.57. The highest BCUT2D eigenvalue weighted by molar-refractivity contribution is 5.81. The van der Waals surface area contributed by atoms with Crippen LogP contribution >= 0.6 is 0 Å². The number of nitrogens with one attached hydrogen (secondary N) is 1. The molecule has 1 aromatic rings. The molecule has 1 saturated heterocycles. The summed E-state index contributed by atoms with van der Waals surface area (Å²) in [5, 5.41) is 3.34. The van der Waals surface area contributed by atoms with Gasteiger partial charge in [-0.05, 0) is 51.0 Å². The number of aromatic nitrogens is 1. The van der Waals surface area contributed by atoms with Gasteiger partial charge in [0.2, 0.25) is 5.88 Å². The minimum atomic E-state index is -0.103. The summed E-state index contributed by atoms with van der Waals surface area (Å²) in [6.45, 7) is 7.97. The van der Waals surface area contributed by atoms with Crippen LogP contribution in [0.3, 0.4) is 0 Å². The van der Waals surface area contributed by atoms with Crippen LogP contribution in [0.25, 0.3) is 0 Å². The van der Waals surface area contributed by atoms with Gasteiger partial charge in [-0.3, -0.25) is 4.79 Å². The largest absolute Gasteiger partial charge is 0.477 e. The minimum Gasteiger partial charge on any atom is -0.477 e. The number of piperidine rings is 1. The number of guanidine groups is 1. The standard InChI is InChI=1S/C21H32N4O3/c1-3-22-21(25-11-5-6-18(14-25)20(26)27-4-2)24-13-17-9-10-19(23-12-17)28-15-16-7-8-16/h9-10,12,16,18H,3-8,11,13-15H2,1-2H3,(H,22,24). The van der Waals surface area contributed by atoms with Crippen LogP contribution in [0, 0.1) is 11.8 Å². The molecular weight excluding hydrogens is 356 g/mol. The Morgan fingerprint density at radius 2 is 2.18 bits per heavy atom. The van der Waals surface area contributed by atoms with E-state index >= 15 is 0 Å². The molecule has 1 unspecified atom stereocenters. The lowest BCUT2D eigenvalue weighted by Crippen LogP contribution is -2.48. The molecule has 7 nitrogen and oxygen atoms in total. The van der Waals surface area contributed by atoms with Crippen molar-refractivity contribution >= 4 is 11.9 Å². The highest BCUT2D eigenvalue weighted by Crippen LogP contribution is 2.29. The Bertz CT molecular complexity index is 658. The number of pyridine rings is 1. The summed E-state index contributed by atoms with van der Waals surface area (Å²) >= 11 is 0. The predicted octanol–water partition coefficient (Wildman–Crippen LogP) is 2.61. The van der Waals surface area contributed by atoms with Gasteiger partial charge in [0.05, 0.1) is 25.7 Å². The Morgan fingerprint density at radius 1 is 1.32 bits per heavy atom. The number of esters is 1. The molecule has 2 aliphatic rings. The van der Waals surface area contributed by atoms with Gasteiger partial charge < -0.3 is 19.7 Å². The molecule has 0 radical (unpaired) electrons. The summed E-state index contributed by atoms with van der Waals surface area (Å²) in [5.74, 6) is 2.05. The first-order valence-electron chi connectivity index (χ1n) is 10.5. The van der Waals surface area contributed by atoms with Gasteiger partial charge in [0, 0.05) is 31.9 Å². The molecule has 0 amide bonds. The van der Waals surface area contributed by atoms with Gasteiger partial charge in [0.25, 0.3) is 0 Å². The number of carbonyl (C=O) groups is 1. The number of ether oxygens (including phenoxy) is 2. The van der Waals surface area contributed by atoms with Crippen molar-refractivity contribution in [3.63, 3.8) is 0 Å². The first-order valence-corrected chi connectivity index (χ1v) is 10.5. The molecular formula is C21H32N4O3. The third-order valence-corrected chi connectivity index (χ3v) is 5.05. The van der Waals surface area contributed by atoms with Gasteiger partial charge in [-0.15, -0.1) is 0 Å². The van der Waals surface area contributed by atoms with Crippen molar-refractivity contribution in [1.82, 2.24) is 15.2 Å². The van der Waals surface area contributed by atoms with Gasteiger partial charge in [-0.1, -0.05) is 6.07 Å². The van der Waals surface area contributed by atoms with Crippen molar-refractivity contribution in [2.45, 2.75) is 46.1 Å². The highest BCUT2D eigenvalue weighted by atomic mass is 16.5. The van der Waals surface area contributed by atoms with E-state index in [4.69, 9.17) is 14.5 Å². The Morgan fingerprint density at radius 3 is 2.86 bits per heavy atom. The lowest BCUT2D eigenvalue weighted by atomic mass is 9.98. The summed E-state index contributed by atoms with van der Waals surface area (Å²) in [7, 11) is 0. The maximum absolute atomic E-state index is 12.1. The number of hydrogen-bond acceptors (Lipinski definition) is 5. The second kappa shape index (κ2) is 10.3. The SMILES string of the molecule is CCNC(=NCc1ccc(OCC2CC2)nc1)N1CCCC(C(=O)OCC)C1. The lowest BCUT2D eigenvalue weighted by Gasteiger charge is -2.34. The molecule has 2 fully saturated rings. The molecule has 1 atom stereocenters. The lowest BCUT2D eigenvalue weighted by molar-refractivity contribution is -0.149. The molecule has 1 aliphatic carbocycles. The van der Waals surface area contributed by atoms with E-state index in [0.29, 0.717) is 25.6 Å². The summed E-state index contributed by atoms with van der Waals surface area (Å²) in [6, 6.07) is 3.93. The van der Waals surface area contributed by atoms with E-state index < -0.39 is 0 Å². The molecule has 1 aliphatic heterocycles. The van der Waals surface area contributed by atoms with Gasteiger partial charge in [0.15, 0.2) is 5.96 Å². The highest BCUT2D eigenvalue weighted by Gasteiger charge is 2.28. The van der Waals surface area contributed by atoms with E-state index in [1.54, 1.807) is 0 Å². The van der Waals surface area contributed by atoms with E-state index in [9.17, 15) is 4.79 Å². The van der Waals surface area contributed by atoms with E-state index in [2.05, 4.69) is 22.1 Å². The summed E-state index contributed by atoms with van der Waals surface area (Å²) < 4.78 is 10.9. The molecule has 0 aromatic carbocycles. The monoisotopic (exact) mass is 388 g/mol. The second-order valence-corrected chi connectivity index (χ2v) is 7.47. The van der Waals surface area contributed by atoms with Gasteiger partial charge >= 0.3 is 5.97 Å². The van der Waals surface area contributed by atoms with Crippen molar-refractivity contribution in [3.8, 4) is 5.88 Å². The van der Waals surface area contributed by atoms with Crippen molar-refractivity contribution in [3.05, 3.63) is 23.9 Å². The molecule has 0 bridgehead atoms. The maximum Gasteiger partial charge on any atom is 0.310 e. The number of nitrogens with zero attached hydrogens (tertiary/aromatic N) is 3. The van der Waals surface area contributed by atoms with E-state index in [1.165, 1.54) is 12.8 Å². The van der Waals surface area contributed by atoms with Crippen LogP contribution in [0.15, 0.2) is 23.3 Å². The quantitative estimate of drug-likeness (QED) is 0.419. The summed E-state index contributed by atoms with van der Waals surface area (Å²) in [6.07, 6.45) is 6.21. The van der Waals surface area contributed by atoms with E-state index in [-0.39, 0.29) is 11.9 Å². The molecule has 1 aromatic heterocycles. The van der Waals surface area contributed by atoms with E-state index in [1.807, 2.05) is 25.3 Å². The normalized spacial score (nSPS) is 20.0. The molecule has 154 valence electrons. The fourth-order valence-electron chi connectivity index (χ4n) is 3.29. The number of rotatable bonds is 8.